The van der Waals surface area contributed by atoms with Crippen LogP contribution in [0.1, 0.15) is 5.56 Å². The summed E-state index contributed by atoms with van der Waals surface area (Å²) in [6, 6.07) is 11.8. The molecule has 2 aromatic carbocycles. The molecule has 8 heteroatoms. The molecule has 0 atom stereocenters. The number of ether oxygens (including phenoxy) is 2. The van der Waals surface area contributed by atoms with Crippen LogP contribution in [0.15, 0.2) is 55.0 Å². The van der Waals surface area contributed by atoms with E-state index in [1.54, 1.807) is 37.2 Å². The minimum atomic E-state index is -0.299. The van der Waals surface area contributed by atoms with Crippen LogP contribution in [0.4, 0.5) is 10.2 Å². The number of halogens is 1. The second-order valence-electron chi connectivity index (χ2n) is 6.04. The van der Waals surface area contributed by atoms with Gasteiger partial charge in [-0.15, -0.1) is 0 Å². The zero-order chi connectivity index (χ0) is 19.5. The van der Waals surface area contributed by atoms with Gasteiger partial charge in [0, 0.05) is 6.54 Å². The van der Waals surface area contributed by atoms with Crippen molar-refractivity contribution >= 4 is 16.9 Å². The molecule has 0 amide bonds. The molecule has 0 bridgehead atoms. The summed E-state index contributed by atoms with van der Waals surface area (Å²) in [5.41, 5.74) is 2.37. The van der Waals surface area contributed by atoms with E-state index in [0.29, 0.717) is 29.5 Å². The van der Waals surface area contributed by atoms with Crippen LogP contribution in [-0.2, 0) is 6.54 Å². The maximum Gasteiger partial charge on any atom is 0.168 e. The first-order chi connectivity index (χ1) is 13.7. The van der Waals surface area contributed by atoms with Gasteiger partial charge in [0.15, 0.2) is 17.1 Å². The van der Waals surface area contributed by atoms with Gasteiger partial charge < -0.3 is 14.8 Å². The maximum atomic E-state index is 13.2. The number of anilines is 1. The lowest BCUT2D eigenvalue weighted by Gasteiger charge is -2.11. The first-order valence-corrected chi connectivity index (χ1v) is 8.59. The highest BCUT2D eigenvalue weighted by Crippen LogP contribution is 2.28. The van der Waals surface area contributed by atoms with Crippen molar-refractivity contribution in [3.63, 3.8) is 0 Å². The molecule has 0 aliphatic heterocycles. The highest BCUT2D eigenvalue weighted by molar-refractivity contribution is 5.87. The van der Waals surface area contributed by atoms with Gasteiger partial charge in [0.25, 0.3) is 0 Å². The first-order valence-electron chi connectivity index (χ1n) is 8.59. The van der Waals surface area contributed by atoms with Gasteiger partial charge in [-0.05, 0) is 42.0 Å². The molecule has 0 radical (unpaired) electrons. The number of rotatable bonds is 6. The summed E-state index contributed by atoms with van der Waals surface area (Å²) in [7, 11) is 3.21. The average Bonchev–Trinajstić information content (AvgIpc) is 3.17. The number of benzene rings is 2. The Hall–Kier alpha value is -3.68. The van der Waals surface area contributed by atoms with E-state index in [1.807, 2.05) is 18.2 Å². The summed E-state index contributed by atoms with van der Waals surface area (Å²) in [5, 5.41) is 8.45. The van der Waals surface area contributed by atoms with Gasteiger partial charge in [0.2, 0.25) is 0 Å². The number of nitrogens with zero attached hydrogens (tertiary/aromatic N) is 4. The Morgan fingerprint density at radius 3 is 2.54 bits per heavy atom. The van der Waals surface area contributed by atoms with Gasteiger partial charge in [-0.3, -0.25) is 0 Å². The smallest absolute Gasteiger partial charge is 0.168 e. The number of nitrogens with one attached hydrogen (secondary N) is 1. The highest BCUT2D eigenvalue weighted by atomic mass is 19.1. The van der Waals surface area contributed by atoms with Gasteiger partial charge >= 0.3 is 0 Å². The van der Waals surface area contributed by atoms with Gasteiger partial charge in [-0.2, -0.15) is 5.10 Å². The molecule has 0 unspecified atom stereocenters. The van der Waals surface area contributed by atoms with E-state index >= 15 is 0 Å². The van der Waals surface area contributed by atoms with E-state index in [9.17, 15) is 4.39 Å². The topological polar surface area (TPSA) is 74.1 Å². The van der Waals surface area contributed by atoms with Crippen LogP contribution >= 0.6 is 0 Å². The Bertz CT molecular complexity index is 1110. The van der Waals surface area contributed by atoms with Crippen molar-refractivity contribution in [2.45, 2.75) is 6.54 Å². The van der Waals surface area contributed by atoms with Gasteiger partial charge in [-0.25, -0.2) is 19.0 Å². The molecule has 2 aromatic heterocycles. The standard InChI is InChI=1S/C20H18FN5O2/c1-27-17-8-3-13(9-18(17)28-2)10-22-19-16-11-25-26(20(16)24-12-23-19)15-6-4-14(21)5-7-15/h3-9,11-12H,10H2,1-2H3,(H,22,23,24). The maximum absolute atomic E-state index is 13.2. The Balaban J connectivity index is 1.61. The minimum Gasteiger partial charge on any atom is -0.493 e. The Morgan fingerprint density at radius 1 is 1.00 bits per heavy atom. The zero-order valence-electron chi connectivity index (χ0n) is 15.4. The molecule has 142 valence electrons. The summed E-state index contributed by atoms with van der Waals surface area (Å²) in [6.45, 7) is 0.536. The van der Waals surface area contributed by atoms with Crippen molar-refractivity contribution in [1.29, 1.82) is 0 Å². The van der Waals surface area contributed by atoms with Gasteiger partial charge in [-0.1, -0.05) is 6.07 Å². The molecule has 7 nitrogen and oxygen atoms in total. The van der Waals surface area contributed by atoms with E-state index in [-0.39, 0.29) is 5.82 Å². The molecular formula is C20H18FN5O2. The molecule has 0 fully saturated rings. The number of methoxy groups -OCH3 is 2. The quantitative estimate of drug-likeness (QED) is 0.552. The molecule has 28 heavy (non-hydrogen) atoms. The van der Waals surface area contributed by atoms with Crippen LogP contribution in [-0.4, -0.2) is 34.0 Å². The van der Waals surface area contributed by atoms with Crippen molar-refractivity contribution in [3.05, 3.63) is 66.4 Å². The lowest BCUT2D eigenvalue weighted by atomic mass is 10.2. The molecule has 4 rings (SSSR count). The molecule has 0 aliphatic carbocycles. The van der Waals surface area contributed by atoms with E-state index < -0.39 is 0 Å². The Labute approximate surface area is 160 Å². The summed E-state index contributed by atoms with van der Waals surface area (Å²) >= 11 is 0. The Kier molecular flexibility index (Phi) is 4.76. The average molecular weight is 379 g/mol. The normalized spacial score (nSPS) is 10.8. The lowest BCUT2D eigenvalue weighted by Crippen LogP contribution is -2.04. The van der Waals surface area contributed by atoms with Crippen molar-refractivity contribution < 1.29 is 13.9 Å². The summed E-state index contributed by atoms with van der Waals surface area (Å²) < 4.78 is 25.4. The van der Waals surface area contributed by atoms with E-state index in [4.69, 9.17) is 9.47 Å². The fourth-order valence-corrected chi connectivity index (χ4v) is 2.93. The number of aromatic nitrogens is 4. The predicted molar refractivity (Wildman–Crippen MR) is 103 cm³/mol. The third-order valence-corrected chi connectivity index (χ3v) is 4.34. The van der Waals surface area contributed by atoms with E-state index in [1.165, 1.54) is 18.5 Å². The third-order valence-electron chi connectivity index (χ3n) is 4.34. The monoisotopic (exact) mass is 379 g/mol. The fourth-order valence-electron chi connectivity index (χ4n) is 2.93. The molecule has 0 saturated carbocycles. The summed E-state index contributed by atoms with van der Waals surface area (Å²) in [6.07, 6.45) is 3.16. The second-order valence-corrected chi connectivity index (χ2v) is 6.04. The predicted octanol–water partition coefficient (Wildman–Crippen LogP) is 3.58. The Morgan fingerprint density at radius 2 is 1.79 bits per heavy atom. The summed E-state index contributed by atoms with van der Waals surface area (Å²) in [5.74, 6) is 1.70. The van der Waals surface area contributed by atoms with Crippen LogP contribution in [0.3, 0.4) is 0 Å². The van der Waals surface area contributed by atoms with E-state index in [2.05, 4.69) is 20.4 Å². The lowest BCUT2D eigenvalue weighted by molar-refractivity contribution is 0.354. The molecule has 0 aliphatic rings. The van der Waals surface area contributed by atoms with E-state index in [0.717, 1.165) is 16.6 Å². The van der Waals surface area contributed by atoms with Crippen molar-refractivity contribution in [3.8, 4) is 17.2 Å². The van der Waals surface area contributed by atoms with Crippen LogP contribution in [0, 0.1) is 5.82 Å². The number of hydrogen-bond donors (Lipinski definition) is 1. The van der Waals surface area contributed by atoms with Gasteiger partial charge in [0.1, 0.15) is 18.0 Å². The zero-order valence-corrected chi connectivity index (χ0v) is 15.4. The number of hydrogen-bond acceptors (Lipinski definition) is 6. The molecule has 0 saturated heterocycles. The number of fused-ring (bicyclic) bond motifs is 1. The molecule has 2 heterocycles. The summed E-state index contributed by atoms with van der Waals surface area (Å²) in [4.78, 5) is 8.65. The van der Waals surface area contributed by atoms with Crippen LogP contribution in [0.2, 0.25) is 0 Å². The largest absolute Gasteiger partial charge is 0.493 e. The second kappa shape index (κ2) is 7.51. The highest BCUT2D eigenvalue weighted by Gasteiger charge is 2.12. The molecule has 1 N–H and O–H groups in total. The first kappa shape index (κ1) is 17.7. The van der Waals surface area contributed by atoms with Crippen LogP contribution in [0.25, 0.3) is 16.7 Å². The molecule has 0 spiro atoms. The van der Waals surface area contributed by atoms with Gasteiger partial charge in [0.05, 0.1) is 31.5 Å². The van der Waals surface area contributed by atoms with Crippen LogP contribution in [0.5, 0.6) is 11.5 Å². The van der Waals surface area contributed by atoms with Crippen molar-refractivity contribution in [2.24, 2.45) is 0 Å². The SMILES string of the molecule is COc1ccc(CNc2ncnc3c2cnn3-c2ccc(F)cc2)cc1OC. The van der Waals surface area contributed by atoms with Crippen molar-refractivity contribution in [1.82, 2.24) is 19.7 Å². The third kappa shape index (κ3) is 3.32. The van der Waals surface area contributed by atoms with Crippen LogP contribution < -0.4 is 14.8 Å². The minimum absolute atomic E-state index is 0.299. The van der Waals surface area contributed by atoms with Crippen molar-refractivity contribution in [2.75, 3.05) is 19.5 Å². The molecular weight excluding hydrogens is 361 g/mol. The molecule has 4 aromatic rings. The fraction of sp³-hybridized carbons (Fsp3) is 0.150.